The normalized spacial score (nSPS) is 19.2. The minimum atomic E-state index is -0.227. The van der Waals surface area contributed by atoms with Crippen molar-refractivity contribution in [2.75, 3.05) is 24.5 Å². The summed E-state index contributed by atoms with van der Waals surface area (Å²) in [5.74, 6) is 0.534. The molecule has 0 aromatic heterocycles. The molecule has 16 heavy (non-hydrogen) atoms. The zero-order valence-corrected chi connectivity index (χ0v) is 9.45. The van der Waals surface area contributed by atoms with Gasteiger partial charge in [-0.25, -0.2) is 4.39 Å². The van der Waals surface area contributed by atoms with Crippen molar-refractivity contribution < 1.29 is 9.13 Å². The fraction of sp³-hybridized carbons (Fsp3) is 0.500. The highest BCUT2D eigenvalue weighted by Gasteiger charge is 2.22. The van der Waals surface area contributed by atoms with Gasteiger partial charge in [-0.2, -0.15) is 0 Å². The lowest BCUT2D eigenvalue weighted by Crippen LogP contribution is -2.39. The third-order valence-corrected chi connectivity index (χ3v) is 2.70. The predicted octanol–water partition coefficient (Wildman–Crippen LogP) is 1.76. The highest BCUT2D eigenvalue weighted by atomic mass is 19.1. The van der Waals surface area contributed by atoms with E-state index in [4.69, 9.17) is 10.5 Å². The van der Waals surface area contributed by atoms with Crippen LogP contribution in [-0.2, 0) is 0 Å². The maximum Gasteiger partial charge on any atom is 0.143 e. The van der Waals surface area contributed by atoms with E-state index in [2.05, 4.69) is 4.90 Å². The molecule has 0 saturated heterocycles. The zero-order chi connectivity index (χ0) is 11.5. The molecule has 1 aromatic carbocycles. The molecule has 0 fully saturated rings. The largest absolute Gasteiger partial charge is 0.487 e. The smallest absolute Gasteiger partial charge is 0.143 e. The Morgan fingerprint density at radius 3 is 3.12 bits per heavy atom. The Kier molecular flexibility index (Phi) is 3.29. The highest BCUT2D eigenvalue weighted by molar-refractivity contribution is 5.60. The van der Waals surface area contributed by atoms with Gasteiger partial charge in [0.2, 0.25) is 0 Å². The van der Waals surface area contributed by atoms with Gasteiger partial charge in [0.1, 0.15) is 17.7 Å². The van der Waals surface area contributed by atoms with Crippen molar-refractivity contribution in [3.63, 3.8) is 0 Å². The lowest BCUT2D eigenvalue weighted by atomic mass is 10.2. The van der Waals surface area contributed by atoms with Crippen LogP contribution in [0.25, 0.3) is 0 Å². The molecule has 0 saturated carbocycles. The summed E-state index contributed by atoms with van der Waals surface area (Å²) in [5, 5.41) is 0. The van der Waals surface area contributed by atoms with Crippen LogP contribution < -0.4 is 15.4 Å². The second-order valence-electron chi connectivity index (χ2n) is 4.13. The molecule has 2 rings (SSSR count). The van der Waals surface area contributed by atoms with Crippen molar-refractivity contribution in [3.05, 3.63) is 24.0 Å². The van der Waals surface area contributed by atoms with E-state index in [0.717, 1.165) is 30.9 Å². The number of ether oxygens (including phenoxy) is 1. The van der Waals surface area contributed by atoms with Crippen LogP contribution in [-0.4, -0.2) is 25.7 Å². The molecule has 2 N–H and O–H groups in total. The lowest BCUT2D eigenvalue weighted by Gasteiger charge is -2.34. The fourth-order valence-corrected chi connectivity index (χ4v) is 1.99. The van der Waals surface area contributed by atoms with Crippen molar-refractivity contribution in [1.29, 1.82) is 0 Å². The van der Waals surface area contributed by atoms with Crippen molar-refractivity contribution in [1.82, 2.24) is 0 Å². The number of benzene rings is 1. The molecule has 0 radical (unpaired) electrons. The van der Waals surface area contributed by atoms with Crippen LogP contribution in [0.5, 0.6) is 5.75 Å². The van der Waals surface area contributed by atoms with Crippen molar-refractivity contribution >= 4 is 5.69 Å². The molecule has 0 spiro atoms. The van der Waals surface area contributed by atoms with Gasteiger partial charge in [-0.05, 0) is 32.0 Å². The van der Waals surface area contributed by atoms with Crippen LogP contribution in [0.3, 0.4) is 0 Å². The second kappa shape index (κ2) is 4.70. The van der Waals surface area contributed by atoms with E-state index in [9.17, 15) is 4.39 Å². The molecule has 0 aliphatic carbocycles. The minimum Gasteiger partial charge on any atom is -0.487 e. The monoisotopic (exact) mass is 224 g/mol. The molecule has 1 heterocycles. The summed E-state index contributed by atoms with van der Waals surface area (Å²) in [6.07, 6.45) is 1.04. The zero-order valence-electron chi connectivity index (χ0n) is 9.45. The number of halogens is 1. The van der Waals surface area contributed by atoms with E-state index in [-0.39, 0.29) is 11.9 Å². The number of rotatable bonds is 3. The van der Waals surface area contributed by atoms with Crippen LogP contribution in [0, 0.1) is 5.82 Å². The van der Waals surface area contributed by atoms with Crippen LogP contribution in [0.2, 0.25) is 0 Å². The van der Waals surface area contributed by atoms with Crippen LogP contribution in [0.4, 0.5) is 10.1 Å². The van der Waals surface area contributed by atoms with Crippen molar-refractivity contribution in [2.24, 2.45) is 5.73 Å². The average molecular weight is 224 g/mol. The van der Waals surface area contributed by atoms with E-state index in [1.807, 2.05) is 6.92 Å². The van der Waals surface area contributed by atoms with Gasteiger partial charge in [-0.15, -0.1) is 0 Å². The molecule has 1 atom stereocenters. The van der Waals surface area contributed by atoms with Crippen molar-refractivity contribution in [2.45, 2.75) is 19.4 Å². The first kappa shape index (κ1) is 11.2. The van der Waals surface area contributed by atoms with Crippen LogP contribution >= 0.6 is 0 Å². The topological polar surface area (TPSA) is 38.5 Å². The molecule has 1 aliphatic rings. The van der Waals surface area contributed by atoms with Crippen molar-refractivity contribution in [3.8, 4) is 5.75 Å². The first-order valence-corrected chi connectivity index (χ1v) is 5.62. The minimum absolute atomic E-state index is 0.135. The van der Waals surface area contributed by atoms with E-state index >= 15 is 0 Å². The van der Waals surface area contributed by atoms with Crippen LogP contribution in [0.15, 0.2) is 18.2 Å². The quantitative estimate of drug-likeness (QED) is 0.850. The third kappa shape index (κ3) is 2.27. The number of fused-ring (bicyclic) bond motifs is 1. The standard InChI is InChI=1S/C12H17FN2O/c1-9-8-15(6-2-5-14)11-7-10(13)3-4-12(11)16-9/h3-4,7,9H,2,5-6,8,14H2,1H3. The van der Waals surface area contributed by atoms with Crippen LogP contribution in [0.1, 0.15) is 13.3 Å². The number of anilines is 1. The lowest BCUT2D eigenvalue weighted by molar-refractivity contribution is 0.212. The number of hydrogen-bond donors (Lipinski definition) is 1. The van der Waals surface area contributed by atoms with Gasteiger partial charge in [-0.1, -0.05) is 0 Å². The second-order valence-corrected chi connectivity index (χ2v) is 4.13. The molecule has 1 unspecified atom stereocenters. The third-order valence-electron chi connectivity index (χ3n) is 2.70. The van der Waals surface area contributed by atoms with E-state index in [1.165, 1.54) is 12.1 Å². The SMILES string of the molecule is CC1CN(CCCN)c2cc(F)ccc2O1. The number of nitrogens with zero attached hydrogens (tertiary/aromatic N) is 1. The van der Waals surface area contributed by atoms with Gasteiger partial charge in [0.05, 0.1) is 12.2 Å². The molecule has 0 amide bonds. The molecule has 3 nitrogen and oxygen atoms in total. The molecule has 1 aromatic rings. The average Bonchev–Trinajstić information content (AvgIpc) is 2.26. The Hall–Kier alpha value is -1.29. The summed E-state index contributed by atoms with van der Waals surface area (Å²) in [6, 6.07) is 4.64. The molecule has 0 bridgehead atoms. The Morgan fingerprint density at radius 1 is 1.56 bits per heavy atom. The molecule has 88 valence electrons. The Balaban J connectivity index is 2.24. The number of hydrogen-bond acceptors (Lipinski definition) is 3. The summed E-state index contributed by atoms with van der Waals surface area (Å²) >= 11 is 0. The predicted molar refractivity (Wildman–Crippen MR) is 62.4 cm³/mol. The first-order valence-electron chi connectivity index (χ1n) is 5.62. The van der Waals surface area contributed by atoms with Gasteiger partial charge >= 0.3 is 0 Å². The van der Waals surface area contributed by atoms with E-state index in [1.54, 1.807) is 6.07 Å². The highest BCUT2D eigenvalue weighted by Crippen LogP contribution is 2.33. The first-order chi connectivity index (χ1) is 7.70. The summed E-state index contributed by atoms with van der Waals surface area (Å²) in [7, 11) is 0. The van der Waals surface area contributed by atoms with Gasteiger partial charge in [0, 0.05) is 12.6 Å². The molecule has 4 heteroatoms. The Morgan fingerprint density at radius 2 is 2.38 bits per heavy atom. The molecular formula is C12H17FN2O. The summed E-state index contributed by atoms with van der Waals surface area (Å²) in [6.45, 7) is 4.30. The van der Waals surface area contributed by atoms with E-state index < -0.39 is 0 Å². The summed E-state index contributed by atoms with van der Waals surface area (Å²) in [5.41, 5.74) is 6.34. The Labute approximate surface area is 95.0 Å². The van der Waals surface area contributed by atoms with Gasteiger partial charge < -0.3 is 15.4 Å². The fourth-order valence-electron chi connectivity index (χ4n) is 1.99. The van der Waals surface area contributed by atoms with Gasteiger partial charge in [0.25, 0.3) is 0 Å². The molecular weight excluding hydrogens is 207 g/mol. The molecule has 1 aliphatic heterocycles. The summed E-state index contributed by atoms with van der Waals surface area (Å²) < 4.78 is 18.8. The maximum atomic E-state index is 13.2. The van der Waals surface area contributed by atoms with Gasteiger partial charge in [-0.3, -0.25) is 0 Å². The van der Waals surface area contributed by atoms with E-state index in [0.29, 0.717) is 6.54 Å². The van der Waals surface area contributed by atoms with Gasteiger partial charge in [0.15, 0.2) is 0 Å². The number of nitrogens with two attached hydrogens (primary N) is 1. The Bertz CT molecular complexity index is 370. The maximum absolute atomic E-state index is 13.2. The summed E-state index contributed by atoms with van der Waals surface area (Å²) in [4.78, 5) is 2.14.